The Morgan fingerprint density at radius 3 is 2.52 bits per heavy atom. The number of methoxy groups -OCH3 is 1. The number of ether oxygens (including phenoxy) is 1. The summed E-state index contributed by atoms with van der Waals surface area (Å²) in [7, 11) is -0.643. The molecule has 1 unspecified atom stereocenters. The van der Waals surface area contributed by atoms with Crippen LogP contribution in [-0.2, 0) is 4.43 Å². The van der Waals surface area contributed by atoms with Gasteiger partial charge in [0.1, 0.15) is 0 Å². The van der Waals surface area contributed by atoms with E-state index in [1.807, 2.05) is 0 Å². The quantitative estimate of drug-likeness (QED) is 0.708. The molecule has 0 bridgehead atoms. The predicted molar refractivity (Wildman–Crippen MR) is 103 cm³/mol. The van der Waals surface area contributed by atoms with E-state index < -0.39 is 14.4 Å². The summed E-state index contributed by atoms with van der Waals surface area (Å²) in [4.78, 5) is 15.4. The fraction of sp³-hybridized carbons (Fsp3) is 0.500. The Morgan fingerprint density at radius 2 is 2.00 bits per heavy atom. The number of H-pyrrole nitrogens is 1. The predicted octanol–water partition coefficient (Wildman–Crippen LogP) is 3.26. The zero-order valence-corrected chi connectivity index (χ0v) is 16.8. The number of aromatic hydroxyl groups is 1. The molecule has 1 heterocycles. The molecule has 0 radical (unpaired) electrons. The molecule has 0 aliphatic rings. The molecule has 1 atom stereocenters. The average Bonchev–Trinajstić information content (AvgIpc) is 2.53. The number of phenols is 1. The third kappa shape index (κ3) is 3.58. The summed E-state index contributed by atoms with van der Waals surface area (Å²) in [5, 5.41) is 10.7. The van der Waals surface area contributed by atoms with Gasteiger partial charge in [-0.05, 0) is 29.8 Å². The van der Waals surface area contributed by atoms with Gasteiger partial charge in [0.15, 0.2) is 25.2 Å². The second-order valence-electron chi connectivity index (χ2n) is 7.71. The largest absolute Gasteiger partial charge is 0.503 e. The lowest BCUT2D eigenvalue weighted by Gasteiger charge is -2.39. The third-order valence-electron chi connectivity index (χ3n) is 5.03. The lowest BCUT2D eigenvalue weighted by atomic mass is 10.0. The lowest BCUT2D eigenvalue weighted by molar-refractivity contribution is 0.192. The van der Waals surface area contributed by atoms with Gasteiger partial charge in [-0.2, -0.15) is 0 Å². The zero-order valence-electron chi connectivity index (χ0n) is 15.8. The fourth-order valence-electron chi connectivity index (χ4n) is 2.54. The molecule has 2 aromatic rings. The summed E-state index contributed by atoms with van der Waals surface area (Å²) in [6.07, 6.45) is 1.04. The van der Waals surface area contributed by atoms with E-state index in [1.165, 1.54) is 19.4 Å². The Kier molecular flexibility index (Phi) is 5.32. The smallest absolute Gasteiger partial charge is 0.192 e. The number of aromatic nitrogens is 1. The molecule has 7 heteroatoms. The van der Waals surface area contributed by atoms with Gasteiger partial charge in [-0.3, -0.25) is 4.79 Å². The average molecular weight is 365 g/mol. The maximum Gasteiger partial charge on any atom is 0.192 e. The van der Waals surface area contributed by atoms with Crippen molar-refractivity contribution in [2.45, 2.75) is 45.0 Å². The van der Waals surface area contributed by atoms with E-state index in [4.69, 9.17) is 14.9 Å². The summed E-state index contributed by atoms with van der Waals surface area (Å²) in [6.45, 7) is 10.9. The van der Waals surface area contributed by atoms with Crippen LogP contribution < -0.4 is 15.9 Å². The number of hydrogen-bond donors (Lipinski definition) is 3. The Morgan fingerprint density at radius 1 is 1.36 bits per heavy atom. The van der Waals surface area contributed by atoms with Gasteiger partial charge < -0.3 is 25.0 Å². The molecule has 0 saturated carbocycles. The Hall–Kier alpha value is -1.83. The summed E-state index contributed by atoms with van der Waals surface area (Å²) in [5.41, 5.74) is 6.78. The van der Waals surface area contributed by atoms with Gasteiger partial charge in [0.05, 0.1) is 24.1 Å². The number of benzene rings is 1. The van der Waals surface area contributed by atoms with E-state index >= 15 is 0 Å². The van der Waals surface area contributed by atoms with Crippen molar-refractivity contribution in [1.29, 1.82) is 0 Å². The summed E-state index contributed by atoms with van der Waals surface area (Å²) < 4.78 is 11.7. The number of nitrogens with one attached hydrogen (secondary N) is 1. The molecule has 0 aliphatic carbocycles. The lowest BCUT2D eigenvalue weighted by Crippen LogP contribution is -2.43. The van der Waals surface area contributed by atoms with E-state index in [2.05, 4.69) is 38.8 Å². The van der Waals surface area contributed by atoms with Crippen molar-refractivity contribution < 1.29 is 14.3 Å². The van der Waals surface area contributed by atoms with Crippen LogP contribution in [0.5, 0.6) is 11.5 Å². The van der Waals surface area contributed by atoms with Gasteiger partial charge >= 0.3 is 0 Å². The number of pyridine rings is 1. The maximum absolute atomic E-state index is 12.5. The summed E-state index contributed by atoms with van der Waals surface area (Å²) in [6, 6.07) is 3.08. The molecule has 6 nitrogen and oxygen atoms in total. The van der Waals surface area contributed by atoms with Crippen molar-refractivity contribution in [3.8, 4) is 11.5 Å². The molecule has 1 aromatic heterocycles. The monoisotopic (exact) mass is 364 g/mol. The number of hydrogen-bond acceptors (Lipinski definition) is 5. The number of aromatic amines is 1. The minimum absolute atomic E-state index is 0.00362. The maximum atomic E-state index is 12.5. The van der Waals surface area contributed by atoms with Crippen LogP contribution in [0.1, 0.15) is 32.4 Å². The first-order valence-electron chi connectivity index (χ1n) is 8.32. The second-order valence-corrected chi connectivity index (χ2v) is 12.5. The topological polar surface area (TPSA) is 97.6 Å². The molecular formula is C18H28N2O4Si. The molecule has 0 saturated heterocycles. The first kappa shape index (κ1) is 19.5. The van der Waals surface area contributed by atoms with E-state index in [9.17, 15) is 9.90 Å². The molecule has 2 rings (SSSR count). The SMILES string of the molecule is COc1cc(C(CN)O[Si](C)(C)C(C)(C)C)c2c(=O)cc[nH]c2c1O. The van der Waals surface area contributed by atoms with Crippen LogP contribution in [-0.4, -0.2) is 32.1 Å². The minimum Gasteiger partial charge on any atom is -0.503 e. The van der Waals surface area contributed by atoms with Crippen molar-refractivity contribution in [3.05, 3.63) is 34.1 Å². The normalized spacial score (nSPS) is 13.9. The Balaban J connectivity index is 2.69. The second kappa shape index (κ2) is 6.82. The van der Waals surface area contributed by atoms with Crippen LogP contribution in [0.3, 0.4) is 0 Å². The molecule has 0 aliphatic heterocycles. The molecular weight excluding hydrogens is 336 g/mol. The highest BCUT2D eigenvalue weighted by atomic mass is 28.4. The number of phenolic OH excluding ortho intramolecular Hbond substituents is 1. The summed E-state index contributed by atoms with van der Waals surface area (Å²) >= 11 is 0. The fourth-order valence-corrected chi connectivity index (χ4v) is 3.83. The van der Waals surface area contributed by atoms with Crippen molar-refractivity contribution in [1.82, 2.24) is 4.98 Å². The van der Waals surface area contributed by atoms with Crippen LogP contribution >= 0.6 is 0 Å². The van der Waals surface area contributed by atoms with Crippen molar-refractivity contribution in [2.75, 3.05) is 13.7 Å². The Bertz CT molecular complexity index is 824. The standard InChI is InChI=1S/C18H28N2O4Si/c1-18(2,3)25(5,6)24-14(10-19)11-9-13(23-4)17(22)16-15(11)12(21)7-8-20-16/h7-9,14,22H,10,19H2,1-6H3,(H,20,21). The van der Waals surface area contributed by atoms with Gasteiger partial charge in [0, 0.05) is 18.8 Å². The van der Waals surface area contributed by atoms with Crippen molar-refractivity contribution >= 4 is 19.2 Å². The molecule has 4 N–H and O–H groups in total. The van der Waals surface area contributed by atoms with Gasteiger partial charge in [0.25, 0.3) is 0 Å². The minimum atomic E-state index is -2.11. The van der Waals surface area contributed by atoms with Crippen LogP contribution in [0.4, 0.5) is 0 Å². The van der Waals surface area contributed by atoms with E-state index in [0.29, 0.717) is 16.5 Å². The number of nitrogens with two attached hydrogens (primary N) is 1. The molecule has 1 aromatic carbocycles. The van der Waals surface area contributed by atoms with Gasteiger partial charge in [-0.15, -0.1) is 0 Å². The van der Waals surface area contributed by atoms with Crippen molar-refractivity contribution in [2.24, 2.45) is 5.73 Å². The van der Waals surface area contributed by atoms with E-state index in [1.54, 1.807) is 6.07 Å². The first-order valence-corrected chi connectivity index (χ1v) is 11.2. The highest BCUT2D eigenvalue weighted by Gasteiger charge is 2.39. The van der Waals surface area contributed by atoms with Gasteiger partial charge in [0.2, 0.25) is 0 Å². The van der Waals surface area contributed by atoms with Crippen LogP contribution in [0.25, 0.3) is 10.9 Å². The molecule has 0 spiro atoms. The van der Waals surface area contributed by atoms with E-state index in [-0.39, 0.29) is 28.5 Å². The summed E-state index contributed by atoms with van der Waals surface area (Å²) in [5.74, 6) is 0.184. The van der Waals surface area contributed by atoms with Crippen LogP contribution in [0, 0.1) is 0 Å². The van der Waals surface area contributed by atoms with Gasteiger partial charge in [-0.25, -0.2) is 0 Å². The highest BCUT2D eigenvalue weighted by Crippen LogP contribution is 2.42. The van der Waals surface area contributed by atoms with Crippen molar-refractivity contribution in [3.63, 3.8) is 0 Å². The third-order valence-corrected chi connectivity index (χ3v) is 9.51. The molecule has 0 fully saturated rings. The van der Waals surface area contributed by atoms with Crippen LogP contribution in [0.2, 0.25) is 18.1 Å². The number of rotatable bonds is 5. The number of fused-ring (bicyclic) bond motifs is 1. The first-order chi connectivity index (χ1) is 11.5. The molecule has 0 amide bonds. The van der Waals surface area contributed by atoms with Crippen LogP contribution in [0.15, 0.2) is 23.1 Å². The van der Waals surface area contributed by atoms with Gasteiger partial charge in [-0.1, -0.05) is 20.8 Å². The zero-order chi connectivity index (χ0) is 19.0. The molecule has 138 valence electrons. The highest BCUT2D eigenvalue weighted by molar-refractivity contribution is 6.74. The van der Waals surface area contributed by atoms with E-state index in [0.717, 1.165) is 0 Å². The molecule has 25 heavy (non-hydrogen) atoms. The Labute approximate surface area is 149 Å².